The normalized spacial score (nSPS) is 15.0. The first kappa shape index (κ1) is 13.9. The van der Waals surface area contributed by atoms with Crippen LogP contribution in [0.1, 0.15) is 25.1 Å². The van der Waals surface area contributed by atoms with Crippen molar-refractivity contribution in [3.8, 4) is 0 Å². The topological polar surface area (TPSA) is 84.4 Å². The number of nitrogens with two attached hydrogens (primary N) is 1. The molecular weight excluding hydrogens is 268 g/mol. The molecule has 3 rings (SSSR count). The predicted octanol–water partition coefficient (Wildman–Crippen LogP) is 1.12. The Balaban J connectivity index is 1.80. The fourth-order valence-corrected chi connectivity index (χ4v) is 2.90. The summed E-state index contributed by atoms with van der Waals surface area (Å²) in [4.78, 5) is 18.4. The summed E-state index contributed by atoms with van der Waals surface area (Å²) in [6, 6.07) is 5.48. The number of imidazole rings is 1. The number of nitrogens with zero attached hydrogens (tertiary/aromatic N) is 3. The molecule has 1 amide bonds. The Bertz CT molecular complexity index is 659. The summed E-state index contributed by atoms with van der Waals surface area (Å²) in [5.74, 6) is 0.749. The van der Waals surface area contributed by atoms with Crippen LogP contribution in [-0.2, 0) is 17.9 Å². The number of carbonyl (C=O) groups excluding carboxylic acids is 1. The predicted molar refractivity (Wildman–Crippen MR) is 80.5 cm³/mol. The molecule has 1 fully saturated rings. The number of anilines is 1. The van der Waals surface area contributed by atoms with E-state index in [0.717, 1.165) is 37.0 Å². The van der Waals surface area contributed by atoms with Gasteiger partial charge in [-0.3, -0.25) is 4.79 Å². The molecule has 1 aliphatic rings. The number of carbonyl (C=O) groups is 1. The fraction of sp³-hybridized carbons (Fsp3) is 0.467. The minimum atomic E-state index is -0.146. The Hall–Kier alpha value is -2.08. The fourth-order valence-electron chi connectivity index (χ4n) is 2.90. The summed E-state index contributed by atoms with van der Waals surface area (Å²) in [6.07, 6.45) is 2.63. The zero-order valence-electron chi connectivity index (χ0n) is 12.0. The van der Waals surface area contributed by atoms with E-state index in [1.165, 1.54) is 0 Å². The SMILES string of the molecule is Nc1ccc2c(c1)nc(CO)n2CCC(=O)N1CCCC1. The standard InChI is InChI=1S/C15H20N4O2/c16-11-3-4-13-12(9-11)17-14(10-20)19(13)8-5-15(21)18-6-1-2-7-18/h3-4,9,20H,1-2,5-8,10,16H2. The van der Waals surface area contributed by atoms with Gasteiger partial charge in [-0.1, -0.05) is 0 Å². The van der Waals surface area contributed by atoms with Crippen LogP contribution >= 0.6 is 0 Å². The number of hydrogen-bond acceptors (Lipinski definition) is 4. The summed E-state index contributed by atoms with van der Waals surface area (Å²) in [7, 11) is 0. The lowest BCUT2D eigenvalue weighted by atomic mass is 10.2. The first-order valence-corrected chi connectivity index (χ1v) is 7.32. The van der Waals surface area contributed by atoms with Crippen molar-refractivity contribution in [1.82, 2.24) is 14.5 Å². The van der Waals surface area contributed by atoms with E-state index in [1.54, 1.807) is 6.07 Å². The average molecular weight is 288 g/mol. The van der Waals surface area contributed by atoms with Gasteiger partial charge in [-0.15, -0.1) is 0 Å². The Labute approximate surface area is 123 Å². The van der Waals surface area contributed by atoms with Crippen molar-refractivity contribution in [1.29, 1.82) is 0 Å². The van der Waals surface area contributed by atoms with Crippen molar-refractivity contribution < 1.29 is 9.90 Å². The van der Waals surface area contributed by atoms with E-state index in [9.17, 15) is 9.90 Å². The third-order valence-electron chi connectivity index (χ3n) is 4.00. The second-order valence-corrected chi connectivity index (χ2v) is 5.42. The molecule has 1 aromatic carbocycles. The van der Waals surface area contributed by atoms with Crippen molar-refractivity contribution >= 4 is 22.6 Å². The Kier molecular flexibility index (Phi) is 3.79. The second-order valence-electron chi connectivity index (χ2n) is 5.42. The smallest absolute Gasteiger partial charge is 0.224 e. The number of fused-ring (bicyclic) bond motifs is 1. The molecule has 1 saturated heterocycles. The molecule has 6 nitrogen and oxygen atoms in total. The largest absolute Gasteiger partial charge is 0.399 e. The minimum absolute atomic E-state index is 0.146. The maximum Gasteiger partial charge on any atom is 0.224 e. The number of amides is 1. The number of aliphatic hydroxyl groups excluding tert-OH is 1. The maximum atomic E-state index is 12.1. The van der Waals surface area contributed by atoms with E-state index in [4.69, 9.17) is 5.73 Å². The van der Waals surface area contributed by atoms with E-state index in [2.05, 4.69) is 4.98 Å². The van der Waals surface area contributed by atoms with Crippen LogP contribution in [0.3, 0.4) is 0 Å². The summed E-state index contributed by atoms with van der Waals surface area (Å²) in [5, 5.41) is 9.46. The van der Waals surface area contributed by atoms with Gasteiger partial charge in [0, 0.05) is 31.7 Å². The Morgan fingerprint density at radius 2 is 2.10 bits per heavy atom. The van der Waals surface area contributed by atoms with E-state index >= 15 is 0 Å². The van der Waals surface area contributed by atoms with E-state index < -0.39 is 0 Å². The lowest BCUT2D eigenvalue weighted by Gasteiger charge is -2.16. The van der Waals surface area contributed by atoms with Crippen LogP contribution < -0.4 is 5.73 Å². The molecule has 112 valence electrons. The van der Waals surface area contributed by atoms with Gasteiger partial charge in [-0.25, -0.2) is 4.98 Å². The molecule has 21 heavy (non-hydrogen) atoms. The molecule has 6 heteroatoms. The van der Waals surface area contributed by atoms with Crippen molar-refractivity contribution in [2.45, 2.75) is 32.4 Å². The molecule has 0 radical (unpaired) electrons. The van der Waals surface area contributed by atoms with Crippen LogP contribution in [0.4, 0.5) is 5.69 Å². The highest BCUT2D eigenvalue weighted by atomic mass is 16.3. The van der Waals surface area contributed by atoms with E-state index in [1.807, 2.05) is 21.6 Å². The Morgan fingerprint density at radius 1 is 1.33 bits per heavy atom. The highest BCUT2D eigenvalue weighted by Gasteiger charge is 2.18. The monoisotopic (exact) mass is 288 g/mol. The number of aryl methyl sites for hydroxylation is 1. The number of aliphatic hydroxyl groups is 1. The molecule has 0 spiro atoms. The Morgan fingerprint density at radius 3 is 2.81 bits per heavy atom. The summed E-state index contributed by atoms with van der Waals surface area (Å²) in [5.41, 5.74) is 8.06. The number of aromatic nitrogens is 2. The molecular formula is C15H20N4O2. The van der Waals surface area contributed by atoms with Gasteiger partial charge in [0.15, 0.2) is 0 Å². The molecule has 1 aromatic heterocycles. The van der Waals surface area contributed by atoms with Crippen molar-refractivity contribution in [3.63, 3.8) is 0 Å². The van der Waals surface area contributed by atoms with Crippen LogP contribution in [0.15, 0.2) is 18.2 Å². The molecule has 1 aliphatic heterocycles. The molecule has 2 heterocycles. The van der Waals surface area contributed by atoms with Crippen LogP contribution in [-0.4, -0.2) is 38.6 Å². The molecule has 0 atom stereocenters. The summed E-state index contributed by atoms with van der Waals surface area (Å²) in [6.45, 7) is 2.12. The van der Waals surface area contributed by atoms with Crippen LogP contribution in [0.25, 0.3) is 11.0 Å². The van der Waals surface area contributed by atoms with Gasteiger partial charge in [0.05, 0.1) is 11.0 Å². The third-order valence-corrected chi connectivity index (χ3v) is 4.00. The molecule has 2 aromatic rings. The molecule has 3 N–H and O–H groups in total. The van der Waals surface area contributed by atoms with Gasteiger partial charge < -0.3 is 20.3 Å². The van der Waals surface area contributed by atoms with Crippen molar-refractivity contribution in [2.75, 3.05) is 18.8 Å². The first-order chi connectivity index (χ1) is 10.2. The number of likely N-dealkylation sites (tertiary alicyclic amines) is 1. The highest BCUT2D eigenvalue weighted by molar-refractivity contribution is 5.80. The van der Waals surface area contributed by atoms with E-state index in [-0.39, 0.29) is 12.5 Å². The second kappa shape index (κ2) is 5.73. The summed E-state index contributed by atoms with van der Waals surface area (Å²) >= 11 is 0. The quantitative estimate of drug-likeness (QED) is 0.826. The molecule has 0 aliphatic carbocycles. The van der Waals surface area contributed by atoms with Gasteiger partial charge in [-0.05, 0) is 31.0 Å². The van der Waals surface area contributed by atoms with Crippen LogP contribution in [0.2, 0.25) is 0 Å². The lowest BCUT2D eigenvalue weighted by Crippen LogP contribution is -2.28. The third kappa shape index (κ3) is 2.71. The van der Waals surface area contributed by atoms with Crippen LogP contribution in [0.5, 0.6) is 0 Å². The van der Waals surface area contributed by atoms with Gasteiger partial charge in [0.1, 0.15) is 12.4 Å². The van der Waals surface area contributed by atoms with Gasteiger partial charge in [0.2, 0.25) is 5.91 Å². The van der Waals surface area contributed by atoms with Gasteiger partial charge >= 0.3 is 0 Å². The van der Waals surface area contributed by atoms with E-state index in [0.29, 0.717) is 24.5 Å². The molecule has 0 bridgehead atoms. The molecule has 0 saturated carbocycles. The van der Waals surface area contributed by atoms with Gasteiger partial charge in [-0.2, -0.15) is 0 Å². The zero-order chi connectivity index (χ0) is 14.8. The maximum absolute atomic E-state index is 12.1. The van der Waals surface area contributed by atoms with Crippen molar-refractivity contribution in [2.24, 2.45) is 0 Å². The number of benzene rings is 1. The number of rotatable bonds is 4. The van der Waals surface area contributed by atoms with Gasteiger partial charge in [0.25, 0.3) is 0 Å². The zero-order valence-corrected chi connectivity index (χ0v) is 12.0. The van der Waals surface area contributed by atoms with Crippen LogP contribution in [0, 0.1) is 0 Å². The average Bonchev–Trinajstić information content (AvgIpc) is 3.11. The summed E-state index contributed by atoms with van der Waals surface area (Å²) < 4.78 is 1.91. The minimum Gasteiger partial charge on any atom is -0.399 e. The lowest BCUT2D eigenvalue weighted by molar-refractivity contribution is -0.130. The van der Waals surface area contributed by atoms with Crippen molar-refractivity contribution in [3.05, 3.63) is 24.0 Å². The number of nitrogen functional groups attached to an aromatic ring is 1. The first-order valence-electron chi connectivity index (χ1n) is 7.32. The molecule has 0 unspecified atom stereocenters. The highest BCUT2D eigenvalue weighted by Crippen LogP contribution is 2.20. The number of hydrogen-bond donors (Lipinski definition) is 2.